The van der Waals surface area contributed by atoms with E-state index >= 15 is 0 Å². The Kier molecular flexibility index (Phi) is 7.67. The molecule has 2 aromatic carbocycles. The van der Waals surface area contributed by atoms with Gasteiger partial charge in [-0.05, 0) is 24.1 Å². The van der Waals surface area contributed by atoms with Crippen molar-refractivity contribution >= 4 is 52.5 Å². The number of methoxy groups -OCH3 is 2. The highest BCUT2D eigenvalue weighted by Gasteiger charge is 2.24. The minimum Gasteiger partial charge on any atom is -0.495 e. The first-order valence-corrected chi connectivity index (χ1v) is 10.3. The van der Waals surface area contributed by atoms with Gasteiger partial charge in [0.1, 0.15) is 11.5 Å². The number of nitrogens with one attached hydrogen (secondary N) is 2. The Balaban J connectivity index is 0.00000272. The van der Waals surface area contributed by atoms with E-state index in [4.69, 9.17) is 32.7 Å². The van der Waals surface area contributed by atoms with E-state index in [0.717, 1.165) is 29.4 Å². The van der Waals surface area contributed by atoms with Crippen molar-refractivity contribution in [1.29, 1.82) is 0 Å². The molecule has 0 unspecified atom stereocenters. The van der Waals surface area contributed by atoms with Crippen molar-refractivity contribution in [3.8, 4) is 22.6 Å². The number of halogens is 3. The Hall–Kier alpha value is -2.03. The van der Waals surface area contributed by atoms with Crippen LogP contribution < -0.4 is 20.1 Å². The SMILES string of the molecule is COc1cc(OC)c(Cl)c(-c2ccc3nc(N[C@@H]4CN[C@H](CO)C4)ncc3c2)c1Cl.Cl. The van der Waals surface area contributed by atoms with Gasteiger partial charge in [0.05, 0.1) is 36.4 Å². The van der Waals surface area contributed by atoms with Gasteiger partial charge in [-0.2, -0.15) is 0 Å². The molecule has 10 heteroatoms. The van der Waals surface area contributed by atoms with Crippen molar-refractivity contribution in [1.82, 2.24) is 15.3 Å². The van der Waals surface area contributed by atoms with E-state index in [1.54, 1.807) is 26.5 Å². The molecule has 7 nitrogen and oxygen atoms in total. The monoisotopic (exact) mass is 484 g/mol. The summed E-state index contributed by atoms with van der Waals surface area (Å²) in [7, 11) is 3.09. The van der Waals surface area contributed by atoms with E-state index in [9.17, 15) is 5.11 Å². The van der Waals surface area contributed by atoms with Crippen molar-refractivity contribution in [2.24, 2.45) is 0 Å². The number of ether oxygens (including phenoxy) is 2. The predicted molar refractivity (Wildman–Crippen MR) is 126 cm³/mol. The normalized spacial score (nSPS) is 18.0. The minimum atomic E-state index is 0. The lowest BCUT2D eigenvalue weighted by Crippen LogP contribution is -2.25. The molecular weight excluding hydrogens is 463 g/mol. The number of hydrogen-bond acceptors (Lipinski definition) is 7. The molecule has 2 heterocycles. The van der Waals surface area contributed by atoms with Crippen molar-refractivity contribution in [2.45, 2.75) is 18.5 Å². The van der Waals surface area contributed by atoms with Crippen LogP contribution in [0.2, 0.25) is 10.0 Å². The van der Waals surface area contributed by atoms with Gasteiger partial charge in [-0.15, -0.1) is 12.4 Å². The second kappa shape index (κ2) is 10.1. The molecule has 1 aliphatic heterocycles. The van der Waals surface area contributed by atoms with Crippen molar-refractivity contribution in [2.75, 3.05) is 32.7 Å². The number of nitrogens with zero attached hydrogens (tertiary/aromatic N) is 2. The Bertz CT molecular complexity index is 1060. The molecule has 1 fully saturated rings. The average Bonchev–Trinajstić information content (AvgIpc) is 3.21. The maximum atomic E-state index is 9.26. The van der Waals surface area contributed by atoms with E-state index in [1.807, 2.05) is 18.2 Å². The summed E-state index contributed by atoms with van der Waals surface area (Å²) < 4.78 is 10.7. The number of aliphatic hydroxyl groups is 1. The largest absolute Gasteiger partial charge is 0.495 e. The maximum absolute atomic E-state index is 9.26. The third-order valence-corrected chi connectivity index (χ3v) is 5.97. The molecule has 0 saturated carbocycles. The summed E-state index contributed by atoms with van der Waals surface area (Å²) in [5, 5.41) is 17.5. The molecule has 0 amide bonds. The summed E-state index contributed by atoms with van der Waals surface area (Å²) in [6.45, 7) is 0.889. The van der Waals surface area contributed by atoms with Crippen LogP contribution in [-0.4, -0.2) is 54.5 Å². The summed E-state index contributed by atoms with van der Waals surface area (Å²) >= 11 is 13.1. The topological polar surface area (TPSA) is 88.5 Å². The molecular formula is C21H23Cl3N4O3. The highest BCUT2D eigenvalue weighted by Crippen LogP contribution is 2.46. The summed E-state index contributed by atoms with van der Waals surface area (Å²) in [5.41, 5.74) is 2.23. The van der Waals surface area contributed by atoms with E-state index in [1.165, 1.54) is 0 Å². The first-order chi connectivity index (χ1) is 14.5. The predicted octanol–water partition coefficient (Wildman–Crippen LogP) is 4.18. The first kappa shape index (κ1) is 23.6. The third kappa shape index (κ3) is 4.76. The minimum absolute atomic E-state index is 0. The number of anilines is 1. The molecule has 1 saturated heterocycles. The second-order valence-corrected chi connectivity index (χ2v) is 7.87. The summed E-state index contributed by atoms with van der Waals surface area (Å²) in [6.07, 6.45) is 2.59. The van der Waals surface area contributed by atoms with Crippen LogP contribution in [-0.2, 0) is 0 Å². The standard InChI is InChI=1S/C21H22Cl2N4O3.ClH/c1-29-16-7-17(30-2)20(23)18(19(16)22)11-3-4-15-12(5-11)8-25-21(27-15)26-13-6-14(10-28)24-9-13;/h3-5,7-8,13-14,24,28H,6,9-10H2,1-2H3,(H,25,26,27);1H/t13-,14-;/m0./s1. The van der Waals surface area contributed by atoms with Crippen molar-refractivity contribution < 1.29 is 14.6 Å². The van der Waals surface area contributed by atoms with Crippen LogP contribution in [0.1, 0.15) is 6.42 Å². The number of aromatic nitrogens is 2. The molecule has 166 valence electrons. The fraction of sp³-hybridized carbons (Fsp3) is 0.333. The number of aliphatic hydroxyl groups excluding tert-OH is 1. The molecule has 31 heavy (non-hydrogen) atoms. The zero-order valence-corrected chi connectivity index (χ0v) is 19.3. The van der Waals surface area contributed by atoms with E-state index < -0.39 is 0 Å². The van der Waals surface area contributed by atoms with Crippen LogP contribution in [0, 0.1) is 0 Å². The Labute approximate surface area is 196 Å². The highest BCUT2D eigenvalue weighted by atomic mass is 35.5. The fourth-order valence-corrected chi connectivity index (χ4v) is 4.37. The van der Waals surface area contributed by atoms with Gasteiger partial charge < -0.3 is 25.2 Å². The Morgan fingerprint density at radius 2 is 1.87 bits per heavy atom. The number of hydrogen-bond donors (Lipinski definition) is 3. The molecule has 0 spiro atoms. The van der Waals surface area contributed by atoms with Crippen LogP contribution in [0.4, 0.5) is 5.95 Å². The lowest BCUT2D eigenvalue weighted by atomic mass is 10.0. The van der Waals surface area contributed by atoms with Crippen LogP contribution in [0.3, 0.4) is 0 Å². The number of benzene rings is 2. The molecule has 0 bridgehead atoms. The molecule has 0 aliphatic carbocycles. The van der Waals surface area contributed by atoms with Crippen LogP contribution in [0.25, 0.3) is 22.0 Å². The summed E-state index contributed by atoms with van der Waals surface area (Å²) in [6, 6.07) is 7.70. The van der Waals surface area contributed by atoms with Gasteiger partial charge in [0.15, 0.2) is 0 Å². The van der Waals surface area contributed by atoms with Crippen LogP contribution in [0.5, 0.6) is 11.5 Å². The zero-order valence-electron chi connectivity index (χ0n) is 17.0. The molecule has 0 radical (unpaired) electrons. The highest BCUT2D eigenvalue weighted by molar-refractivity contribution is 6.41. The molecule has 3 aromatic rings. The third-order valence-electron chi connectivity index (χ3n) is 5.22. The van der Waals surface area contributed by atoms with Gasteiger partial charge in [-0.3, -0.25) is 0 Å². The van der Waals surface area contributed by atoms with Gasteiger partial charge in [-0.1, -0.05) is 29.3 Å². The molecule has 2 atom stereocenters. The van der Waals surface area contributed by atoms with Crippen molar-refractivity contribution in [3.05, 3.63) is 40.5 Å². The van der Waals surface area contributed by atoms with E-state index in [2.05, 4.69) is 20.6 Å². The van der Waals surface area contributed by atoms with Gasteiger partial charge in [0.2, 0.25) is 5.95 Å². The molecule has 3 N–H and O–H groups in total. The van der Waals surface area contributed by atoms with Gasteiger partial charge in [-0.25, -0.2) is 9.97 Å². The van der Waals surface area contributed by atoms with Crippen LogP contribution >= 0.6 is 35.6 Å². The van der Waals surface area contributed by atoms with E-state index in [0.29, 0.717) is 33.1 Å². The van der Waals surface area contributed by atoms with Crippen molar-refractivity contribution in [3.63, 3.8) is 0 Å². The van der Waals surface area contributed by atoms with Gasteiger partial charge >= 0.3 is 0 Å². The quantitative estimate of drug-likeness (QED) is 0.483. The second-order valence-electron chi connectivity index (χ2n) is 7.12. The number of fused-ring (bicyclic) bond motifs is 1. The molecule has 1 aliphatic rings. The maximum Gasteiger partial charge on any atom is 0.223 e. The Morgan fingerprint density at radius 1 is 1.16 bits per heavy atom. The lowest BCUT2D eigenvalue weighted by Gasteiger charge is -2.15. The van der Waals surface area contributed by atoms with Crippen LogP contribution in [0.15, 0.2) is 30.5 Å². The molecule has 4 rings (SSSR count). The smallest absolute Gasteiger partial charge is 0.223 e. The number of rotatable bonds is 6. The molecule has 1 aromatic heterocycles. The fourth-order valence-electron chi connectivity index (χ4n) is 3.65. The summed E-state index contributed by atoms with van der Waals surface area (Å²) in [5.74, 6) is 1.52. The average molecular weight is 486 g/mol. The summed E-state index contributed by atoms with van der Waals surface area (Å²) in [4.78, 5) is 9.05. The van der Waals surface area contributed by atoms with E-state index in [-0.39, 0.29) is 31.1 Å². The lowest BCUT2D eigenvalue weighted by molar-refractivity contribution is 0.254. The van der Waals surface area contributed by atoms with Gasteiger partial charge in [0.25, 0.3) is 0 Å². The zero-order chi connectivity index (χ0) is 21.3. The first-order valence-electron chi connectivity index (χ1n) is 9.52. The van der Waals surface area contributed by atoms with Gasteiger partial charge in [0, 0.05) is 41.8 Å². The Morgan fingerprint density at radius 3 is 2.48 bits per heavy atom.